The van der Waals surface area contributed by atoms with Gasteiger partial charge in [0.15, 0.2) is 0 Å². The van der Waals surface area contributed by atoms with E-state index in [0.29, 0.717) is 18.1 Å². The van der Waals surface area contributed by atoms with Crippen LogP contribution < -0.4 is 10.2 Å². The zero-order valence-corrected chi connectivity index (χ0v) is 13.2. The summed E-state index contributed by atoms with van der Waals surface area (Å²) < 4.78 is 13.7. The molecule has 122 valence electrons. The van der Waals surface area contributed by atoms with Gasteiger partial charge in [0.2, 0.25) is 5.95 Å². The Morgan fingerprint density at radius 1 is 1.17 bits per heavy atom. The predicted molar refractivity (Wildman–Crippen MR) is 87.9 cm³/mol. The lowest BCUT2D eigenvalue weighted by Gasteiger charge is -2.35. The van der Waals surface area contributed by atoms with Crippen molar-refractivity contribution in [2.24, 2.45) is 0 Å². The van der Waals surface area contributed by atoms with E-state index in [-0.39, 0.29) is 5.82 Å². The molecule has 3 heterocycles. The standard InChI is InChI=1S/C16H21FN6/c1-2-19-16-20-6-4-15(21-16)23-9-7-22(8-10-23)12-13-3-5-18-11-14(13)17/h3-6,11H,2,7-10,12H2,1H3,(H,19,20,21). The van der Waals surface area contributed by atoms with E-state index in [9.17, 15) is 4.39 Å². The summed E-state index contributed by atoms with van der Waals surface area (Å²) in [5, 5.41) is 3.13. The number of nitrogens with one attached hydrogen (secondary N) is 1. The molecule has 6 nitrogen and oxygen atoms in total. The van der Waals surface area contributed by atoms with Crippen LogP contribution in [-0.2, 0) is 6.54 Å². The topological polar surface area (TPSA) is 57.2 Å². The number of rotatable bonds is 5. The third kappa shape index (κ3) is 3.92. The number of halogens is 1. The number of nitrogens with zero attached hydrogens (tertiary/aromatic N) is 5. The van der Waals surface area contributed by atoms with Crippen LogP contribution in [0.25, 0.3) is 0 Å². The number of hydrogen-bond donors (Lipinski definition) is 1. The second-order valence-electron chi connectivity index (χ2n) is 5.50. The molecule has 0 spiro atoms. The van der Waals surface area contributed by atoms with Gasteiger partial charge in [-0.05, 0) is 19.1 Å². The maximum absolute atomic E-state index is 13.7. The first-order valence-corrected chi connectivity index (χ1v) is 7.89. The van der Waals surface area contributed by atoms with E-state index >= 15 is 0 Å². The van der Waals surface area contributed by atoms with Crippen LogP contribution in [0.4, 0.5) is 16.2 Å². The summed E-state index contributed by atoms with van der Waals surface area (Å²) in [5.74, 6) is 1.36. The second kappa shape index (κ2) is 7.32. The lowest BCUT2D eigenvalue weighted by molar-refractivity contribution is 0.246. The molecule has 0 aliphatic carbocycles. The van der Waals surface area contributed by atoms with E-state index in [1.807, 2.05) is 13.0 Å². The molecule has 1 N–H and O–H groups in total. The van der Waals surface area contributed by atoms with Gasteiger partial charge in [0.1, 0.15) is 11.6 Å². The highest BCUT2D eigenvalue weighted by molar-refractivity contribution is 5.42. The van der Waals surface area contributed by atoms with Gasteiger partial charge >= 0.3 is 0 Å². The summed E-state index contributed by atoms with van der Waals surface area (Å²) in [6.45, 7) is 6.94. The fourth-order valence-electron chi connectivity index (χ4n) is 2.68. The minimum Gasteiger partial charge on any atom is -0.354 e. The van der Waals surface area contributed by atoms with Crippen molar-refractivity contribution in [1.82, 2.24) is 19.9 Å². The lowest BCUT2D eigenvalue weighted by atomic mass is 10.2. The molecule has 7 heteroatoms. The SMILES string of the molecule is CCNc1nccc(N2CCN(Cc3ccncc3F)CC2)n1. The summed E-state index contributed by atoms with van der Waals surface area (Å²) in [7, 11) is 0. The van der Waals surface area contributed by atoms with E-state index in [1.165, 1.54) is 6.20 Å². The van der Waals surface area contributed by atoms with Crippen LogP contribution in [0.3, 0.4) is 0 Å². The fraction of sp³-hybridized carbons (Fsp3) is 0.438. The second-order valence-corrected chi connectivity index (χ2v) is 5.50. The number of pyridine rings is 1. The van der Waals surface area contributed by atoms with E-state index in [1.54, 1.807) is 18.5 Å². The van der Waals surface area contributed by atoms with Gasteiger partial charge in [-0.25, -0.2) is 9.37 Å². The van der Waals surface area contributed by atoms with Crippen molar-refractivity contribution in [1.29, 1.82) is 0 Å². The number of piperazine rings is 1. The molecule has 0 bridgehead atoms. The van der Waals surface area contributed by atoms with E-state index in [2.05, 4.69) is 30.1 Å². The number of hydrogen-bond acceptors (Lipinski definition) is 6. The molecule has 0 atom stereocenters. The quantitative estimate of drug-likeness (QED) is 0.907. The molecule has 0 saturated carbocycles. The Morgan fingerprint density at radius 3 is 2.74 bits per heavy atom. The minimum atomic E-state index is -0.235. The summed E-state index contributed by atoms with van der Waals surface area (Å²) in [6.07, 6.45) is 4.69. The first-order valence-electron chi connectivity index (χ1n) is 7.89. The summed E-state index contributed by atoms with van der Waals surface area (Å²) >= 11 is 0. The maximum atomic E-state index is 13.7. The van der Waals surface area contributed by atoms with Gasteiger partial charge in [-0.3, -0.25) is 9.88 Å². The third-order valence-corrected chi connectivity index (χ3v) is 3.92. The van der Waals surface area contributed by atoms with Crippen molar-refractivity contribution in [3.05, 3.63) is 42.1 Å². The normalized spacial score (nSPS) is 15.7. The zero-order chi connectivity index (χ0) is 16.1. The van der Waals surface area contributed by atoms with Crippen LogP contribution in [0.15, 0.2) is 30.7 Å². The maximum Gasteiger partial charge on any atom is 0.224 e. The molecule has 2 aromatic rings. The highest BCUT2D eigenvalue weighted by Gasteiger charge is 2.19. The highest BCUT2D eigenvalue weighted by atomic mass is 19.1. The molecule has 1 saturated heterocycles. The van der Waals surface area contributed by atoms with Crippen molar-refractivity contribution < 1.29 is 4.39 Å². The average molecular weight is 316 g/mol. The lowest BCUT2D eigenvalue weighted by Crippen LogP contribution is -2.46. The molecule has 0 aromatic carbocycles. The highest BCUT2D eigenvalue weighted by Crippen LogP contribution is 2.16. The summed E-state index contributed by atoms with van der Waals surface area (Å²) in [6, 6.07) is 3.67. The molecular weight excluding hydrogens is 295 g/mol. The first-order chi connectivity index (χ1) is 11.3. The monoisotopic (exact) mass is 316 g/mol. The van der Waals surface area contributed by atoms with E-state index in [4.69, 9.17) is 0 Å². The molecule has 1 aliphatic heterocycles. The van der Waals surface area contributed by atoms with Crippen LogP contribution >= 0.6 is 0 Å². The molecule has 0 unspecified atom stereocenters. The van der Waals surface area contributed by atoms with Gasteiger partial charge in [0.25, 0.3) is 0 Å². The molecule has 0 radical (unpaired) electrons. The van der Waals surface area contributed by atoms with Gasteiger partial charge in [-0.1, -0.05) is 0 Å². The average Bonchev–Trinajstić information content (AvgIpc) is 2.58. The Hall–Kier alpha value is -2.28. The Morgan fingerprint density at radius 2 is 2.00 bits per heavy atom. The fourth-order valence-corrected chi connectivity index (χ4v) is 2.68. The Balaban J connectivity index is 1.58. The molecule has 1 fully saturated rings. The van der Waals surface area contributed by atoms with Crippen molar-refractivity contribution >= 4 is 11.8 Å². The van der Waals surface area contributed by atoms with Gasteiger partial charge in [-0.2, -0.15) is 4.98 Å². The Kier molecular flexibility index (Phi) is 4.97. The van der Waals surface area contributed by atoms with E-state index < -0.39 is 0 Å². The largest absolute Gasteiger partial charge is 0.354 e. The van der Waals surface area contributed by atoms with Crippen molar-refractivity contribution in [2.75, 3.05) is 42.9 Å². The minimum absolute atomic E-state index is 0.235. The van der Waals surface area contributed by atoms with Crippen molar-refractivity contribution in [3.63, 3.8) is 0 Å². The van der Waals surface area contributed by atoms with Crippen LogP contribution in [-0.4, -0.2) is 52.6 Å². The predicted octanol–water partition coefficient (Wildman–Crippen LogP) is 1.76. The number of aromatic nitrogens is 3. The van der Waals surface area contributed by atoms with Gasteiger partial charge < -0.3 is 10.2 Å². The van der Waals surface area contributed by atoms with Crippen LogP contribution in [0.5, 0.6) is 0 Å². The molecule has 23 heavy (non-hydrogen) atoms. The van der Waals surface area contributed by atoms with Crippen molar-refractivity contribution in [2.45, 2.75) is 13.5 Å². The van der Waals surface area contributed by atoms with Crippen LogP contribution in [0, 0.1) is 5.82 Å². The Labute approximate surface area is 135 Å². The first kappa shape index (κ1) is 15.6. The smallest absolute Gasteiger partial charge is 0.224 e. The molecule has 1 aliphatic rings. The molecule has 3 rings (SSSR count). The number of anilines is 2. The zero-order valence-electron chi connectivity index (χ0n) is 13.2. The molecular formula is C16H21FN6. The van der Waals surface area contributed by atoms with Gasteiger partial charge in [0.05, 0.1) is 6.20 Å². The molecule has 2 aromatic heterocycles. The summed E-state index contributed by atoms with van der Waals surface area (Å²) in [5.41, 5.74) is 0.699. The van der Waals surface area contributed by atoms with Crippen molar-refractivity contribution in [3.8, 4) is 0 Å². The van der Waals surface area contributed by atoms with E-state index in [0.717, 1.165) is 38.5 Å². The van der Waals surface area contributed by atoms with Gasteiger partial charge in [0, 0.05) is 57.2 Å². The van der Waals surface area contributed by atoms with Crippen LogP contribution in [0.2, 0.25) is 0 Å². The Bertz CT molecular complexity index is 642. The molecule has 0 amide bonds. The summed E-state index contributed by atoms with van der Waals surface area (Å²) in [4.78, 5) is 17.0. The van der Waals surface area contributed by atoms with Gasteiger partial charge in [-0.15, -0.1) is 0 Å². The third-order valence-electron chi connectivity index (χ3n) is 3.92. The van der Waals surface area contributed by atoms with Crippen LogP contribution in [0.1, 0.15) is 12.5 Å².